The number of fused-ring (bicyclic) bond motifs is 1. The van der Waals surface area contributed by atoms with Gasteiger partial charge in [0.1, 0.15) is 11.6 Å². The van der Waals surface area contributed by atoms with Gasteiger partial charge in [0.2, 0.25) is 0 Å². The minimum atomic E-state index is 0.350. The quantitative estimate of drug-likeness (QED) is 0.797. The number of aryl methyl sites for hydroxylation is 1. The van der Waals surface area contributed by atoms with Crippen LogP contribution in [0.2, 0.25) is 0 Å². The van der Waals surface area contributed by atoms with Gasteiger partial charge in [-0.2, -0.15) is 5.26 Å². The van der Waals surface area contributed by atoms with Gasteiger partial charge in [0.25, 0.3) is 0 Å². The summed E-state index contributed by atoms with van der Waals surface area (Å²) < 4.78 is 7.64. The van der Waals surface area contributed by atoms with Gasteiger partial charge in [-0.1, -0.05) is 13.3 Å². The Balaban J connectivity index is 2.44. The average Bonchev–Trinajstić information content (AvgIpc) is 2.74. The second kappa shape index (κ2) is 6.24. The lowest BCUT2D eigenvalue weighted by Gasteiger charge is -2.07. The summed E-state index contributed by atoms with van der Waals surface area (Å²) in [5.41, 5.74) is 1.99. The number of benzene rings is 1. The Morgan fingerprint density at radius 3 is 2.89 bits per heavy atom. The van der Waals surface area contributed by atoms with E-state index >= 15 is 0 Å². The van der Waals surface area contributed by atoms with Crippen LogP contribution in [0.3, 0.4) is 0 Å². The normalized spacial score (nSPS) is 10.6. The molecular formula is C15H19N3O. The first-order valence-corrected chi connectivity index (χ1v) is 6.79. The summed E-state index contributed by atoms with van der Waals surface area (Å²) in [6.45, 7) is 5.69. The first-order chi connectivity index (χ1) is 9.30. The van der Waals surface area contributed by atoms with Gasteiger partial charge in [-0.3, -0.25) is 0 Å². The first-order valence-electron chi connectivity index (χ1n) is 6.79. The van der Waals surface area contributed by atoms with E-state index in [2.05, 4.69) is 22.5 Å². The molecule has 1 aromatic heterocycles. The van der Waals surface area contributed by atoms with Crippen molar-refractivity contribution in [3.63, 3.8) is 0 Å². The van der Waals surface area contributed by atoms with Gasteiger partial charge in [-0.15, -0.1) is 0 Å². The molecule has 2 rings (SSSR count). The van der Waals surface area contributed by atoms with Crippen molar-refractivity contribution in [1.29, 1.82) is 5.26 Å². The Labute approximate surface area is 113 Å². The van der Waals surface area contributed by atoms with E-state index in [1.165, 1.54) is 0 Å². The minimum absolute atomic E-state index is 0.350. The lowest BCUT2D eigenvalue weighted by atomic mass is 10.3. The second-order valence-electron chi connectivity index (χ2n) is 4.45. The third kappa shape index (κ3) is 2.87. The smallest absolute Gasteiger partial charge is 0.124 e. The Hall–Kier alpha value is -2.02. The van der Waals surface area contributed by atoms with Crippen LogP contribution in [-0.2, 0) is 13.0 Å². The number of nitrogens with zero attached hydrogens (tertiary/aromatic N) is 3. The highest BCUT2D eigenvalue weighted by Gasteiger charge is 2.10. The Kier molecular flexibility index (Phi) is 4.40. The topological polar surface area (TPSA) is 50.8 Å². The monoisotopic (exact) mass is 257 g/mol. The molecule has 1 heterocycles. The molecule has 1 aromatic carbocycles. The van der Waals surface area contributed by atoms with Crippen molar-refractivity contribution in [1.82, 2.24) is 9.55 Å². The number of hydrogen-bond acceptors (Lipinski definition) is 3. The molecule has 0 saturated carbocycles. The Bertz CT molecular complexity index is 595. The van der Waals surface area contributed by atoms with Crippen LogP contribution in [0, 0.1) is 11.3 Å². The molecule has 2 aromatic rings. The van der Waals surface area contributed by atoms with Crippen LogP contribution in [0.25, 0.3) is 11.0 Å². The van der Waals surface area contributed by atoms with Crippen molar-refractivity contribution in [3.8, 4) is 11.8 Å². The van der Waals surface area contributed by atoms with E-state index in [1.807, 2.05) is 25.1 Å². The molecule has 0 bridgehead atoms. The van der Waals surface area contributed by atoms with Crippen LogP contribution < -0.4 is 4.74 Å². The summed E-state index contributed by atoms with van der Waals surface area (Å²) in [6.07, 6.45) is 2.57. The molecule has 0 amide bonds. The standard InChI is InChI=1S/C15H19N3O/c1-3-5-10-18-14-7-6-12(19-4-2)11-13(14)17-15(18)8-9-16/h6-7,11H,3-5,8,10H2,1-2H3. The largest absolute Gasteiger partial charge is 0.494 e. The molecule has 0 radical (unpaired) electrons. The fourth-order valence-corrected chi connectivity index (χ4v) is 2.19. The van der Waals surface area contributed by atoms with E-state index in [0.717, 1.165) is 42.0 Å². The summed E-state index contributed by atoms with van der Waals surface area (Å²) in [7, 11) is 0. The number of aromatic nitrogens is 2. The van der Waals surface area contributed by atoms with Crippen LogP contribution in [0.5, 0.6) is 5.75 Å². The highest BCUT2D eigenvalue weighted by atomic mass is 16.5. The number of nitriles is 1. The summed E-state index contributed by atoms with van der Waals surface area (Å²) in [5.74, 6) is 1.68. The zero-order valence-corrected chi connectivity index (χ0v) is 11.5. The molecule has 0 atom stereocenters. The molecule has 4 nitrogen and oxygen atoms in total. The van der Waals surface area contributed by atoms with Crippen molar-refractivity contribution in [2.45, 2.75) is 39.7 Å². The van der Waals surface area contributed by atoms with Crippen molar-refractivity contribution in [2.24, 2.45) is 0 Å². The molecule has 0 aliphatic heterocycles. The van der Waals surface area contributed by atoms with Crippen molar-refractivity contribution in [2.75, 3.05) is 6.61 Å². The number of hydrogen-bond donors (Lipinski definition) is 0. The average molecular weight is 257 g/mol. The molecule has 0 fully saturated rings. The fourth-order valence-electron chi connectivity index (χ4n) is 2.19. The van der Waals surface area contributed by atoms with Crippen molar-refractivity contribution >= 4 is 11.0 Å². The third-order valence-electron chi connectivity index (χ3n) is 3.08. The van der Waals surface area contributed by atoms with E-state index < -0.39 is 0 Å². The molecule has 0 aliphatic carbocycles. The summed E-state index contributed by atoms with van der Waals surface area (Å²) >= 11 is 0. The van der Waals surface area contributed by atoms with E-state index in [4.69, 9.17) is 10.00 Å². The minimum Gasteiger partial charge on any atom is -0.494 e. The lowest BCUT2D eigenvalue weighted by Crippen LogP contribution is -2.03. The SMILES string of the molecule is CCCCn1c(CC#N)nc2cc(OCC)ccc21. The van der Waals surface area contributed by atoms with Crippen LogP contribution >= 0.6 is 0 Å². The zero-order chi connectivity index (χ0) is 13.7. The van der Waals surface area contributed by atoms with Gasteiger partial charge in [-0.25, -0.2) is 4.98 Å². The van der Waals surface area contributed by atoms with Gasteiger partial charge in [-0.05, 0) is 25.5 Å². The third-order valence-corrected chi connectivity index (χ3v) is 3.08. The van der Waals surface area contributed by atoms with E-state index in [-0.39, 0.29) is 0 Å². The zero-order valence-electron chi connectivity index (χ0n) is 11.5. The highest BCUT2D eigenvalue weighted by molar-refractivity contribution is 5.77. The number of ether oxygens (including phenoxy) is 1. The maximum atomic E-state index is 8.91. The van der Waals surface area contributed by atoms with Crippen LogP contribution in [-0.4, -0.2) is 16.2 Å². The molecule has 0 unspecified atom stereocenters. The van der Waals surface area contributed by atoms with Gasteiger partial charge < -0.3 is 9.30 Å². The molecule has 0 spiro atoms. The van der Waals surface area contributed by atoms with Gasteiger partial charge in [0, 0.05) is 12.6 Å². The molecule has 0 saturated heterocycles. The predicted molar refractivity (Wildman–Crippen MR) is 75.1 cm³/mol. The number of unbranched alkanes of at least 4 members (excludes halogenated alkanes) is 1. The summed E-state index contributed by atoms with van der Waals surface area (Å²) in [5, 5.41) is 8.91. The van der Waals surface area contributed by atoms with E-state index in [0.29, 0.717) is 13.0 Å². The molecule has 100 valence electrons. The number of rotatable bonds is 6. The van der Waals surface area contributed by atoms with E-state index in [9.17, 15) is 0 Å². The molecule has 0 aliphatic rings. The molecule has 0 N–H and O–H groups in total. The summed E-state index contributed by atoms with van der Waals surface area (Å²) in [6, 6.07) is 8.13. The maximum absolute atomic E-state index is 8.91. The fraction of sp³-hybridized carbons (Fsp3) is 0.467. The first kappa shape index (κ1) is 13.4. The van der Waals surface area contributed by atoms with Crippen LogP contribution in [0.1, 0.15) is 32.5 Å². The number of imidazole rings is 1. The van der Waals surface area contributed by atoms with Crippen LogP contribution in [0.15, 0.2) is 18.2 Å². The van der Waals surface area contributed by atoms with E-state index in [1.54, 1.807) is 0 Å². The highest BCUT2D eigenvalue weighted by Crippen LogP contribution is 2.22. The van der Waals surface area contributed by atoms with Crippen molar-refractivity contribution in [3.05, 3.63) is 24.0 Å². The van der Waals surface area contributed by atoms with Gasteiger partial charge in [0.05, 0.1) is 30.1 Å². The van der Waals surface area contributed by atoms with Gasteiger partial charge in [0.15, 0.2) is 0 Å². The maximum Gasteiger partial charge on any atom is 0.124 e. The second-order valence-corrected chi connectivity index (χ2v) is 4.45. The van der Waals surface area contributed by atoms with Crippen molar-refractivity contribution < 1.29 is 4.74 Å². The van der Waals surface area contributed by atoms with Crippen LogP contribution in [0.4, 0.5) is 0 Å². The molecule has 19 heavy (non-hydrogen) atoms. The molecule has 4 heteroatoms. The molecular weight excluding hydrogens is 238 g/mol. The predicted octanol–water partition coefficient (Wildman–Crippen LogP) is 3.30. The lowest BCUT2D eigenvalue weighted by molar-refractivity contribution is 0.340. The Morgan fingerprint density at radius 1 is 1.37 bits per heavy atom. The summed E-state index contributed by atoms with van der Waals surface area (Å²) in [4.78, 5) is 4.56. The Morgan fingerprint density at radius 2 is 2.21 bits per heavy atom. The van der Waals surface area contributed by atoms with Gasteiger partial charge >= 0.3 is 0 Å².